The average molecular weight is 896 g/mol. The quantitative estimate of drug-likeness (QED) is 0.123. The first kappa shape index (κ1) is 48.3. The van der Waals surface area contributed by atoms with Crippen LogP contribution in [0, 0.1) is 0 Å². The van der Waals surface area contributed by atoms with Crippen molar-refractivity contribution in [2.45, 2.75) is 0 Å². The lowest BCUT2D eigenvalue weighted by Gasteiger charge is -2.31. The van der Waals surface area contributed by atoms with Crippen LogP contribution in [0.1, 0.15) is 0 Å². The third-order valence-corrected chi connectivity index (χ3v) is 15.8. The smallest absolute Gasteiger partial charge is 0.113 e. The molecule has 13 aromatic rings. The van der Waals surface area contributed by atoms with E-state index in [9.17, 15) is 0 Å². The molecule has 1 aromatic heterocycles. The second-order valence-electron chi connectivity index (χ2n) is 19.4. The molecule has 0 saturated heterocycles. The van der Waals surface area contributed by atoms with Gasteiger partial charge in [-0.3, -0.25) is 0 Å². The summed E-state index contributed by atoms with van der Waals surface area (Å²) in [5.41, 5.74) is 8.15. The van der Waals surface area contributed by atoms with Crippen LogP contribution >= 0.6 is 0 Å². The molecule has 0 aliphatic rings. The van der Waals surface area contributed by atoms with Gasteiger partial charge in [0.05, 0.1) is 11.0 Å². The summed E-state index contributed by atoms with van der Waals surface area (Å²) in [7, 11) is 125. The van der Waals surface area contributed by atoms with E-state index in [2.05, 4.69) is 41.0 Å². The van der Waals surface area contributed by atoms with E-state index in [1.54, 1.807) is 0 Å². The van der Waals surface area contributed by atoms with Crippen LogP contribution in [-0.4, -0.2) is 146 Å². The Morgan fingerprint density at radius 3 is 1.08 bits per heavy atom. The topological polar surface area (TPSA) is 4.93 Å². The van der Waals surface area contributed by atoms with Crippen molar-refractivity contribution in [3.63, 3.8) is 0 Å². The molecule has 0 atom stereocenters. The lowest BCUT2D eigenvalue weighted by Crippen LogP contribution is -2.48. The number of para-hydroxylation sites is 2. The zero-order chi connectivity index (χ0) is 52.9. The predicted octanol–water partition coefficient (Wildman–Crippen LogP) is -6.13. The molecule has 75 heavy (non-hydrogen) atoms. The van der Waals surface area contributed by atoms with Gasteiger partial charge in [-0.05, 0) is 134 Å². The Kier molecular flexibility index (Phi) is 10.7. The van der Waals surface area contributed by atoms with E-state index in [0.717, 1.165) is 33.1 Å². The molecule has 0 unspecified atom stereocenters. The second-order valence-corrected chi connectivity index (χ2v) is 19.4. The molecule has 1 nitrogen and oxygen atoms in total. The molecule has 12 aromatic carbocycles. The van der Waals surface area contributed by atoms with Crippen molar-refractivity contribution in [3.05, 3.63) is 91.0 Å². The van der Waals surface area contributed by atoms with Gasteiger partial charge in [-0.15, -0.1) is 10.9 Å². The van der Waals surface area contributed by atoms with Crippen molar-refractivity contribution in [2.24, 2.45) is 0 Å². The Bertz CT molecular complexity index is 4750. The van der Waals surface area contributed by atoms with Crippen molar-refractivity contribution in [1.82, 2.24) is 4.57 Å². The summed E-state index contributed by atoms with van der Waals surface area (Å²) in [5, 5.41) is 6.61. The summed E-state index contributed by atoms with van der Waals surface area (Å²) < 4.78 is 2.23. The zero-order valence-electron chi connectivity index (χ0n) is 40.0. The van der Waals surface area contributed by atoms with E-state index in [4.69, 9.17) is 141 Å². The van der Waals surface area contributed by atoms with Crippen LogP contribution in [0.3, 0.4) is 0 Å². The van der Waals surface area contributed by atoms with Crippen LogP contribution < -0.4 is 98.3 Å². The van der Waals surface area contributed by atoms with Gasteiger partial charge in [0.15, 0.2) is 0 Å². The number of nitrogens with zero attached hydrogens (tertiary/aromatic N) is 1. The fourth-order valence-corrected chi connectivity index (χ4v) is 12.2. The van der Waals surface area contributed by atoms with Crippen LogP contribution in [0.2, 0.25) is 0 Å². The molecule has 0 aliphatic heterocycles. The van der Waals surface area contributed by atoms with Gasteiger partial charge in [-0.1, -0.05) is 142 Å². The molecule has 1 heterocycles. The summed E-state index contributed by atoms with van der Waals surface area (Å²) in [4.78, 5) is 0. The molecule has 36 radical (unpaired) electrons. The number of hydrogen-bond acceptors (Lipinski definition) is 0. The lowest BCUT2D eigenvalue weighted by molar-refractivity contribution is 1.18. The Balaban J connectivity index is 1.22. The summed E-state index contributed by atoms with van der Waals surface area (Å²) >= 11 is 0. The van der Waals surface area contributed by atoms with Gasteiger partial charge < -0.3 is 4.57 Å². The number of rotatable bonds is 4. The van der Waals surface area contributed by atoms with Crippen molar-refractivity contribution in [1.29, 1.82) is 0 Å². The first-order valence-electron chi connectivity index (χ1n) is 23.6. The highest BCUT2D eigenvalue weighted by Crippen LogP contribution is 2.43. The normalized spacial score (nSPS) is 12.2. The minimum atomic E-state index is 0.0631. The molecule has 0 saturated carbocycles. The molecule has 298 valence electrons. The van der Waals surface area contributed by atoms with Gasteiger partial charge in [-0.2, -0.15) is 0 Å². The molecule has 0 bridgehead atoms. The highest BCUT2D eigenvalue weighted by Gasteiger charge is 2.29. The summed E-state index contributed by atoms with van der Waals surface area (Å²) in [6.45, 7) is 0. The van der Waals surface area contributed by atoms with E-state index in [1.807, 2.05) is 54.6 Å². The fourth-order valence-electron chi connectivity index (χ4n) is 12.2. The molecular formula is C56H15B18N. The van der Waals surface area contributed by atoms with Gasteiger partial charge in [0.2, 0.25) is 0 Å². The Labute approximate surface area is 457 Å². The number of fused-ring (bicyclic) bond motifs is 3. The van der Waals surface area contributed by atoms with E-state index >= 15 is 0 Å². The predicted molar refractivity (Wildman–Crippen MR) is 341 cm³/mol. The maximum absolute atomic E-state index is 7.41. The van der Waals surface area contributed by atoms with Crippen LogP contribution in [0.5, 0.6) is 0 Å². The van der Waals surface area contributed by atoms with Crippen LogP contribution in [0.4, 0.5) is 0 Å². The molecule has 0 fully saturated rings. The summed E-state index contributed by atoms with van der Waals surface area (Å²) in [6.07, 6.45) is 0. The van der Waals surface area contributed by atoms with Crippen molar-refractivity contribution in [3.8, 4) is 39.1 Å². The zero-order valence-corrected chi connectivity index (χ0v) is 40.0. The SMILES string of the molecule is [B]c1c([B])c2c([B])c([B])c3c([B])c([B])c(-c4ccc(-c5ccc6c(c5)c5ccccc5n6-c5ccccc5)c(-c5c([B])c([B])c6c([B])c([B])c7c([B])c([B])c([B])c8c([B])c([B])c5c6c78)c4)c4c([B])c([B])c(c1[B])c2c34. The first-order valence-corrected chi connectivity index (χ1v) is 23.6. The Morgan fingerprint density at radius 2 is 0.587 bits per heavy atom. The van der Waals surface area contributed by atoms with Gasteiger partial charge in [0.1, 0.15) is 141 Å². The average Bonchev–Trinajstić information content (AvgIpc) is 3.74. The van der Waals surface area contributed by atoms with Crippen molar-refractivity contribution < 1.29 is 0 Å². The number of benzene rings is 12. The molecular weight excluding hydrogens is 881 g/mol. The molecule has 19 heteroatoms. The highest BCUT2D eigenvalue weighted by atomic mass is 15.0. The standard InChI is InChI=1S/C56H15B18N/c57-39-25(31-27-29-35(45(63)41(31)59)51(69)55(73)53(71)37(29)49(67)47(65)33(27)43(39)61)17-10-12-19(16-11-13-24-21(14-16)20-8-4-5-9-23(20)75(24)18-6-2-1-3-7-18)22(15-17)26-32-28-30-36(46(64)42(32)60)52(70)56(74)54(72)38(30)50(68)48(66)34(28)44(62)40(26)58/h1-15H. The van der Waals surface area contributed by atoms with Gasteiger partial charge >= 0.3 is 0 Å². The maximum Gasteiger partial charge on any atom is 0.113 e. The molecule has 0 aliphatic carbocycles. The number of aromatic nitrogens is 1. The third-order valence-electron chi connectivity index (χ3n) is 15.8. The third kappa shape index (κ3) is 6.11. The van der Waals surface area contributed by atoms with Crippen LogP contribution in [-0.2, 0) is 0 Å². The van der Waals surface area contributed by atoms with E-state index in [-0.39, 0.29) is 98.3 Å². The van der Waals surface area contributed by atoms with E-state index < -0.39 is 0 Å². The Hall–Kier alpha value is -6.31. The first-order chi connectivity index (χ1) is 35.8. The van der Waals surface area contributed by atoms with E-state index in [1.165, 1.54) is 0 Å². The highest BCUT2D eigenvalue weighted by molar-refractivity contribution is 6.77. The molecule has 13 rings (SSSR count). The minimum absolute atomic E-state index is 0.0631. The fraction of sp³-hybridized carbons (Fsp3) is 0. The maximum atomic E-state index is 7.41. The van der Waals surface area contributed by atoms with Crippen molar-refractivity contribution >= 4 is 326 Å². The summed E-state index contributed by atoms with van der Waals surface area (Å²) in [6, 6.07) is 30.4. The largest absolute Gasteiger partial charge is 0.309 e. The van der Waals surface area contributed by atoms with Crippen LogP contribution in [0.25, 0.3) is 126 Å². The summed E-state index contributed by atoms with van der Waals surface area (Å²) in [5.74, 6) is 0. The molecule has 0 amide bonds. The molecule has 0 spiro atoms. The van der Waals surface area contributed by atoms with Gasteiger partial charge in [0, 0.05) is 16.5 Å². The van der Waals surface area contributed by atoms with Crippen molar-refractivity contribution in [2.75, 3.05) is 0 Å². The van der Waals surface area contributed by atoms with E-state index in [0.29, 0.717) is 92.5 Å². The lowest BCUT2D eigenvalue weighted by atomic mass is 9.58. The Morgan fingerprint density at radius 1 is 0.227 bits per heavy atom. The number of hydrogen-bond donors (Lipinski definition) is 0. The van der Waals surface area contributed by atoms with Gasteiger partial charge in [0.25, 0.3) is 0 Å². The van der Waals surface area contributed by atoms with Gasteiger partial charge in [-0.25, -0.2) is 0 Å². The minimum Gasteiger partial charge on any atom is -0.309 e. The molecule has 0 N–H and O–H groups in total. The second kappa shape index (κ2) is 16.6. The monoisotopic (exact) mass is 899 g/mol. The van der Waals surface area contributed by atoms with Crippen LogP contribution in [0.15, 0.2) is 91.0 Å².